The molecule has 166 valence electrons. The fraction of sp³-hybridized carbons (Fsp3) is 0.318. The van der Waals surface area contributed by atoms with Gasteiger partial charge in [-0.05, 0) is 12.5 Å². The van der Waals surface area contributed by atoms with Crippen LogP contribution in [0.2, 0.25) is 0 Å². The Morgan fingerprint density at radius 2 is 1.97 bits per heavy atom. The summed E-state index contributed by atoms with van der Waals surface area (Å²) in [4.78, 5) is 19.5. The fourth-order valence-electron chi connectivity index (χ4n) is 3.06. The first-order chi connectivity index (χ1) is 15.7. The van der Waals surface area contributed by atoms with Gasteiger partial charge in [-0.1, -0.05) is 29.8 Å². The number of aryl methyl sites for hydroxylation is 1. The van der Waals surface area contributed by atoms with E-state index in [-0.39, 0.29) is 12.6 Å². The zero-order chi connectivity index (χ0) is 22.2. The van der Waals surface area contributed by atoms with Crippen molar-refractivity contribution in [3.63, 3.8) is 0 Å². The van der Waals surface area contributed by atoms with Crippen LogP contribution in [0.5, 0.6) is 11.8 Å². The molecular formula is C22H25N7O3. The summed E-state index contributed by atoms with van der Waals surface area (Å²) in [6, 6.07) is 10.1. The number of rotatable bonds is 8. The molecule has 1 saturated heterocycles. The van der Waals surface area contributed by atoms with Crippen molar-refractivity contribution in [1.29, 1.82) is 0 Å². The van der Waals surface area contributed by atoms with E-state index >= 15 is 0 Å². The molecule has 0 radical (unpaired) electrons. The maximum absolute atomic E-state index is 5.78. The van der Waals surface area contributed by atoms with E-state index in [1.165, 1.54) is 5.56 Å². The number of benzene rings is 1. The van der Waals surface area contributed by atoms with Crippen LogP contribution in [0.25, 0.3) is 0 Å². The van der Waals surface area contributed by atoms with Gasteiger partial charge in [-0.2, -0.15) is 15.1 Å². The summed E-state index contributed by atoms with van der Waals surface area (Å²) in [5, 5.41) is 4.32. The summed E-state index contributed by atoms with van der Waals surface area (Å²) in [5.41, 5.74) is 5.14. The number of aromatic nitrogens is 4. The van der Waals surface area contributed by atoms with Crippen LogP contribution < -0.4 is 19.8 Å². The first-order valence-corrected chi connectivity index (χ1v) is 10.2. The number of methoxy groups -OCH3 is 1. The molecule has 0 saturated carbocycles. The van der Waals surface area contributed by atoms with Crippen molar-refractivity contribution in [1.82, 2.24) is 19.9 Å². The van der Waals surface area contributed by atoms with E-state index in [0.717, 1.165) is 24.5 Å². The van der Waals surface area contributed by atoms with Crippen LogP contribution in [0.15, 0.2) is 47.8 Å². The standard InChI is InChI=1S/C22H25N7O3/c1-16-4-3-5-17(10-16)12-25-28-19-11-21(29-6-8-31-9-7-29)27-22(26-19)32-15-20-23-13-18(30-2)14-24-20/h3-5,10-14H,6-9,15H2,1-2H3,(H,26,27,28). The van der Waals surface area contributed by atoms with Crippen LogP contribution in [-0.2, 0) is 11.3 Å². The lowest BCUT2D eigenvalue weighted by molar-refractivity contribution is 0.122. The van der Waals surface area contributed by atoms with Gasteiger partial charge in [0.05, 0.1) is 38.9 Å². The summed E-state index contributed by atoms with van der Waals surface area (Å²) >= 11 is 0. The predicted molar refractivity (Wildman–Crippen MR) is 120 cm³/mol. The highest BCUT2D eigenvalue weighted by Gasteiger charge is 2.16. The number of nitrogens with zero attached hydrogens (tertiary/aromatic N) is 6. The zero-order valence-corrected chi connectivity index (χ0v) is 18.1. The predicted octanol–water partition coefficient (Wildman–Crippen LogP) is 2.45. The number of hydrazone groups is 1. The lowest BCUT2D eigenvalue weighted by Crippen LogP contribution is -2.36. The topological polar surface area (TPSA) is 107 Å². The number of anilines is 2. The molecule has 1 aromatic carbocycles. The third-order valence-corrected chi connectivity index (χ3v) is 4.71. The molecule has 3 heterocycles. The monoisotopic (exact) mass is 435 g/mol. The third-order valence-electron chi connectivity index (χ3n) is 4.71. The summed E-state index contributed by atoms with van der Waals surface area (Å²) in [6.45, 7) is 4.94. The Kier molecular flexibility index (Phi) is 7.03. The molecule has 1 fully saturated rings. The van der Waals surface area contributed by atoms with Crippen LogP contribution in [0.4, 0.5) is 11.6 Å². The second kappa shape index (κ2) is 10.5. The minimum absolute atomic E-state index is 0.128. The molecule has 1 aliphatic rings. The molecule has 1 aliphatic heterocycles. The number of hydrogen-bond acceptors (Lipinski definition) is 10. The average Bonchev–Trinajstić information content (AvgIpc) is 2.83. The SMILES string of the molecule is COc1cnc(COc2nc(NN=Cc3cccc(C)c3)cc(N3CCOCC3)n2)nc1. The van der Waals surface area contributed by atoms with Crippen molar-refractivity contribution in [2.45, 2.75) is 13.5 Å². The molecule has 0 bridgehead atoms. The Bertz CT molecular complexity index is 1050. The summed E-state index contributed by atoms with van der Waals surface area (Å²) in [5.74, 6) is 2.34. The third kappa shape index (κ3) is 5.88. The summed E-state index contributed by atoms with van der Waals surface area (Å²) in [6.07, 6.45) is 4.92. The van der Waals surface area contributed by atoms with Gasteiger partial charge in [-0.3, -0.25) is 5.43 Å². The van der Waals surface area contributed by atoms with Gasteiger partial charge in [0.15, 0.2) is 24.0 Å². The molecular weight excluding hydrogens is 410 g/mol. The van der Waals surface area contributed by atoms with E-state index in [2.05, 4.69) is 35.4 Å². The maximum atomic E-state index is 5.78. The van der Waals surface area contributed by atoms with Gasteiger partial charge in [0.1, 0.15) is 5.82 Å². The van der Waals surface area contributed by atoms with E-state index in [1.807, 2.05) is 37.3 Å². The second-order valence-corrected chi connectivity index (χ2v) is 7.11. The van der Waals surface area contributed by atoms with Gasteiger partial charge in [0.25, 0.3) is 0 Å². The van der Waals surface area contributed by atoms with Crippen LogP contribution >= 0.6 is 0 Å². The van der Waals surface area contributed by atoms with Crippen LogP contribution in [0.1, 0.15) is 17.0 Å². The minimum Gasteiger partial charge on any atom is -0.494 e. The maximum Gasteiger partial charge on any atom is 0.320 e. The number of nitrogens with one attached hydrogen (secondary N) is 1. The molecule has 10 heteroatoms. The lowest BCUT2D eigenvalue weighted by atomic mass is 10.2. The van der Waals surface area contributed by atoms with Crippen LogP contribution in [0.3, 0.4) is 0 Å². The Hall–Kier alpha value is -3.79. The van der Waals surface area contributed by atoms with Gasteiger partial charge in [-0.15, -0.1) is 0 Å². The molecule has 0 amide bonds. The Morgan fingerprint density at radius 1 is 1.16 bits per heavy atom. The molecule has 2 aromatic heterocycles. The molecule has 0 unspecified atom stereocenters. The molecule has 0 aliphatic carbocycles. The van der Waals surface area contributed by atoms with Crippen molar-refractivity contribution in [2.75, 3.05) is 43.7 Å². The smallest absolute Gasteiger partial charge is 0.320 e. The normalized spacial score (nSPS) is 13.9. The molecule has 3 aromatic rings. The molecule has 1 N–H and O–H groups in total. The quantitative estimate of drug-likeness (QED) is 0.422. The van der Waals surface area contributed by atoms with E-state index in [0.29, 0.717) is 30.6 Å². The van der Waals surface area contributed by atoms with Crippen molar-refractivity contribution < 1.29 is 14.2 Å². The van der Waals surface area contributed by atoms with Crippen molar-refractivity contribution in [3.05, 3.63) is 59.7 Å². The molecule has 0 spiro atoms. The highest BCUT2D eigenvalue weighted by molar-refractivity contribution is 5.80. The van der Waals surface area contributed by atoms with Gasteiger partial charge in [0.2, 0.25) is 0 Å². The van der Waals surface area contributed by atoms with Crippen LogP contribution in [-0.4, -0.2) is 59.6 Å². The first kappa shape index (κ1) is 21.4. The first-order valence-electron chi connectivity index (χ1n) is 10.2. The van der Waals surface area contributed by atoms with E-state index in [4.69, 9.17) is 14.2 Å². The van der Waals surface area contributed by atoms with E-state index < -0.39 is 0 Å². The Balaban J connectivity index is 1.50. The van der Waals surface area contributed by atoms with E-state index in [9.17, 15) is 0 Å². The number of hydrogen-bond donors (Lipinski definition) is 1. The van der Waals surface area contributed by atoms with E-state index in [1.54, 1.807) is 25.7 Å². The Labute approximate surface area is 186 Å². The number of ether oxygens (including phenoxy) is 3. The second-order valence-electron chi connectivity index (χ2n) is 7.11. The van der Waals surface area contributed by atoms with Crippen molar-refractivity contribution in [2.24, 2.45) is 5.10 Å². The molecule has 0 atom stereocenters. The minimum atomic E-state index is 0.128. The molecule has 10 nitrogen and oxygen atoms in total. The highest BCUT2D eigenvalue weighted by atomic mass is 16.5. The van der Waals surface area contributed by atoms with Gasteiger partial charge in [0, 0.05) is 19.2 Å². The fourth-order valence-corrected chi connectivity index (χ4v) is 3.06. The largest absolute Gasteiger partial charge is 0.494 e. The van der Waals surface area contributed by atoms with Gasteiger partial charge >= 0.3 is 6.01 Å². The highest BCUT2D eigenvalue weighted by Crippen LogP contribution is 2.21. The number of morpholine rings is 1. The van der Waals surface area contributed by atoms with Crippen LogP contribution in [0, 0.1) is 6.92 Å². The van der Waals surface area contributed by atoms with Crippen molar-refractivity contribution >= 4 is 17.9 Å². The molecule has 4 rings (SSSR count). The van der Waals surface area contributed by atoms with Crippen molar-refractivity contribution in [3.8, 4) is 11.8 Å². The Morgan fingerprint density at radius 3 is 2.72 bits per heavy atom. The lowest BCUT2D eigenvalue weighted by Gasteiger charge is -2.28. The summed E-state index contributed by atoms with van der Waals surface area (Å²) in [7, 11) is 1.57. The van der Waals surface area contributed by atoms with Gasteiger partial charge in [-0.25, -0.2) is 9.97 Å². The average molecular weight is 435 g/mol. The zero-order valence-electron chi connectivity index (χ0n) is 18.1. The molecule has 32 heavy (non-hydrogen) atoms. The summed E-state index contributed by atoms with van der Waals surface area (Å²) < 4.78 is 16.3. The van der Waals surface area contributed by atoms with Gasteiger partial charge < -0.3 is 19.1 Å².